The van der Waals surface area contributed by atoms with Crippen molar-refractivity contribution in [3.63, 3.8) is 0 Å². The smallest absolute Gasteiger partial charge is 0.132 e. The molecule has 5 N–H and O–H groups in total. The lowest BCUT2D eigenvalue weighted by Gasteiger charge is -2.16. The Kier molecular flexibility index (Phi) is 6.62. The van der Waals surface area contributed by atoms with E-state index in [2.05, 4.69) is 16.0 Å². The maximum absolute atomic E-state index is 13.6. The number of nitrogens with zero attached hydrogens (tertiary/aromatic N) is 3. The summed E-state index contributed by atoms with van der Waals surface area (Å²) in [6.45, 7) is 5.60. The van der Waals surface area contributed by atoms with E-state index in [1.807, 2.05) is 31.2 Å². The maximum atomic E-state index is 13.6. The molecule has 4 aromatic rings. The number of pyridine rings is 2. The monoisotopic (exact) mass is 469 g/mol. The van der Waals surface area contributed by atoms with E-state index in [4.69, 9.17) is 16.5 Å². The predicted octanol–water partition coefficient (Wildman–Crippen LogP) is 5.13. The van der Waals surface area contributed by atoms with Gasteiger partial charge in [-0.3, -0.25) is 9.98 Å². The molecule has 0 saturated heterocycles. The van der Waals surface area contributed by atoms with Gasteiger partial charge in [-0.15, -0.1) is 0 Å². The molecule has 0 atom stereocenters. The van der Waals surface area contributed by atoms with E-state index < -0.39 is 5.60 Å². The zero-order chi connectivity index (χ0) is 25.2. The van der Waals surface area contributed by atoms with Crippen LogP contribution in [0.2, 0.25) is 0 Å². The van der Waals surface area contributed by atoms with Crippen molar-refractivity contribution in [2.45, 2.75) is 26.4 Å². The lowest BCUT2D eigenvalue weighted by Crippen LogP contribution is -2.22. The second-order valence-electron chi connectivity index (χ2n) is 9.09. The highest BCUT2D eigenvalue weighted by atomic mass is 19.1. The molecule has 0 aliphatic carbocycles. The van der Waals surface area contributed by atoms with E-state index in [0.717, 1.165) is 33.2 Å². The molecule has 7 heteroatoms. The summed E-state index contributed by atoms with van der Waals surface area (Å²) in [5.41, 5.74) is 17.6. The Bertz CT molecular complexity index is 1440. The molecule has 0 spiro atoms. The summed E-state index contributed by atoms with van der Waals surface area (Å²) in [5, 5.41) is 11.0. The van der Waals surface area contributed by atoms with Crippen LogP contribution in [0.1, 0.15) is 25.0 Å². The van der Waals surface area contributed by atoms with Crippen molar-refractivity contribution in [1.82, 2.24) is 9.97 Å². The van der Waals surface area contributed by atoms with E-state index >= 15 is 0 Å². The Balaban J connectivity index is 1.91. The van der Waals surface area contributed by atoms with Gasteiger partial charge in [-0.2, -0.15) is 0 Å². The fraction of sp³-hybridized carbons (Fsp3) is 0.179. The predicted molar refractivity (Wildman–Crippen MR) is 141 cm³/mol. The molecule has 4 rings (SSSR count). The molecule has 6 nitrogen and oxygen atoms in total. The van der Waals surface area contributed by atoms with E-state index in [-0.39, 0.29) is 18.2 Å². The van der Waals surface area contributed by atoms with Crippen LogP contribution in [0.25, 0.3) is 38.9 Å². The summed E-state index contributed by atoms with van der Waals surface area (Å²) in [6, 6.07) is 16.0. The van der Waals surface area contributed by atoms with E-state index in [1.165, 1.54) is 18.3 Å². The number of hydrogen-bond donors (Lipinski definition) is 3. The van der Waals surface area contributed by atoms with Gasteiger partial charge in [0, 0.05) is 46.3 Å². The number of fused-ring (bicyclic) bond motifs is 1. The van der Waals surface area contributed by atoms with Crippen molar-refractivity contribution in [3.05, 3.63) is 83.9 Å². The first-order valence-corrected chi connectivity index (χ1v) is 11.2. The number of anilines is 1. The summed E-state index contributed by atoms with van der Waals surface area (Å²) in [7, 11) is 0. The first kappa shape index (κ1) is 24.0. The Hall–Kier alpha value is -4.10. The molecule has 178 valence electrons. The Morgan fingerprint density at radius 1 is 1.09 bits per heavy atom. The number of rotatable bonds is 6. The molecule has 0 saturated carbocycles. The summed E-state index contributed by atoms with van der Waals surface area (Å²) in [6.07, 6.45) is 4.79. The van der Waals surface area contributed by atoms with Crippen LogP contribution in [0.15, 0.2) is 72.0 Å². The minimum atomic E-state index is -0.950. The van der Waals surface area contributed by atoms with Crippen LogP contribution in [0.3, 0.4) is 0 Å². The van der Waals surface area contributed by atoms with Crippen molar-refractivity contribution in [2.24, 2.45) is 10.7 Å². The van der Waals surface area contributed by atoms with Gasteiger partial charge < -0.3 is 16.6 Å². The average Bonchev–Trinajstić information content (AvgIpc) is 2.82. The standard InChI is InChI=1S/C28H28FN5O/c1-17-10-11-33-25-9-6-19(12-22(17)25)23-13-24(20(14-30)15-32-16-28(2,3)35)27(31)34-26(23)18-4-7-21(29)8-5-18/h4-15,35H,16,30H2,1-3H3,(H2,31,34). The Labute approximate surface area is 203 Å². The molecule has 0 radical (unpaired) electrons. The number of halogens is 1. The number of nitrogens with two attached hydrogens (primary N) is 2. The van der Waals surface area contributed by atoms with Gasteiger partial charge in [0.25, 0.3) is 0 Å². The molecule has 2 aromatic carbocycles. The van der Waals surface area contributed by atoms with Crippen molar-refractivity contribution in [2.75, 3.05) is 12.3 Å². The maximum Gasteiger partial charge on any atom is 0.132 e. The van der Waals surface area contributed by atoms with Crippen molar-refractivity contribution in [1.29, 1.82) is 0 Å². The number of nitrogen functional groups attached to an aromatic ring is 1. The SMILES string of the molecule is Cc1ccnc2ccc(-c3cc(C(C=NCC(C)(C)O)=CN)c(N)nc3-c3ccc(F)cc3)cc12. The van der Waals surface area contributed by atoms with Gasteiger partial charge in [0.2, 0.25) is 0 Å². The zero-order valence-corrected chi connectivity index (χ0v) is 20.0. The third kappa shape index (κ3) is 5.36. The highest BCUT2D eigenvalue weighted by Crippen LogP contribution is 2.36. The first-order valence-electron chi connectivity index (χ1n) is 11.2. The molecular formula is C28H28FN5O. The molecule has 0 unspecified atom stereocenters. The van der Waals surface area contributed by atoms with Crippen LogP contribution in [0.4, 0.5) is 10.2 Å². The summed E-state index contributed by atoms with van der Waals surface area (Å²) in [5.74, 6) is -0.0678. The van der Waals surface area contributed by atoms with Crippen LogP contribution in [0, 0.1) is 12.7 Å². The summed E-state index contributed by atoms with van der Waals surface area (Å²) >= 11 is 0. The zero-order valence-electron chi connectivity index (χ0n) is 20.0. The van der Waals surface area contributed by atoms with Gasteiger partial charge in [-0.1, -0.05) is 6.07 Å². The van der Waals surface area contributed by atoms with Crippen molar-refractivity contribution >= 4 is 28.5 Å². The molecular weight excluding hydrogens is 441 g/mol. The minimum absolute atomic E-state index is 0.204. The van der Waals surface area contributed by atoms with E-state index in [9.17, 15) is 9.50 Å². The number of aliphatic imine (C=N–C) groups is 1. The van der Waals surface area contributed by atoms with Gasteiger partial charge in [-0.05, 0) is 80.4 Å². The third-order valence-corrected chi connectivity index (χ3v) is 5.64. The number of aromatic nitrogens is 2. The van der Waals surface area contributed by atoms with Crippen LogP contribution in [-0.2, 0) is 0 Å². The second-order valence-corrected chi connectivity index (χ2v) is 9.09. The number of aliphatic hydroxyl groups is 1. The van der Waals surface area contributed by atoms with Gasteiger partial charge >= 0.3 is 0 Å². The molecule has 0 fully saturated rings. The van der Waals surface area contributed by atoms with E-state index in [0.29, 0.717) is 16.8 Å². The second kappa shape index (κ2) is 9.64. The Morgan fingerprint density at radius 2 is 1.80 bits per heavy atom. The van der Waals surface area contributed by atoms with Crippen molar-refractivity contribution < 1.29 is 9.50 Å². The molecule has 35 heavy (non-hydrogen) atoms. The van der Waals surface area contributed by atoms with Crippen LogP contribution in [0.5, 0.6) is 0 Å². The summed E-state index contributed by atoms with van der Waals surface area (Å²) < 4.78 is 13.6. The van der Waals surface area contributed by atoms with Gasteiger partial charge in [-0.25, -0.2) is 9.37 Å². The lowest BCUT2D eigenvalue weighted by atomic mass is 9.94. The van der Waals surface area contributed by atoms with E-state index in [1.54, 1.807) is 38.4 Å². The molecule has 0 aliphatic heterocycles. The van der Waals surface area contributed by atoms with Gasteiger partial charge in [0.1, 0.15) is 11.6 Å². The van der Waals surface area contributed by atoms with Gasteiger partial charge in [0.15, 0.2) is 0 Å². The molecule has 2 heterocycles. The molecule has 0 amide bonds. The minimum Gasteiger partial charge on any atom is -0.404 e. The normalized spacial score (nSPS) is 12.5. The van der Waals surface area contributed by atoms with Crippen molar-refractivity contribution in [3.8, 4) is 22.4 Å². The first-order chi connectivity index (χ1) is 16.7. The lowest BCUT2D eigenvalue weighted by molar-refractivity contribution is 0.0906. The average molecular weight is 470 g/mol. The molecule has 2 aromatic heterocycles. The molecule has 0 bridgehead atoms. The number of hydrogen-bond acceptors (Lipinski definition) is 6. The molecule has 0 aliphatic rings. The van der Waals surface area contributed by atoms with Gasteiger partial charge in [0.05, 0.1) is 23.4 Å². The van der Waals surface area contributed by atoms with Crippen LogP contribution in [-0.4, -0.2) is 33.4 Å². The third-order valence-electron chi connectivity index (χ3n) is 5.64. The van der Waals surface area contributed by atoms with Crippen LogP contribution >= 0.6 is 0 Å². The Morgan fingerprint density at radius 3 is 2.49 bits per heavy atom. The summed E-state index contributed by atoms with van der Waals surface area (Å²) in [4.78, 5) is 13.5. The number of aryl methyl sites for hydroxylation is 1. The van der Waals surface area contributed by atoms with Crippen LogP contribution < -0.4 is 11.5 Å². The fourth-order valence-electron chi connectivity index (χ4n) is 3.83. The topological polar surface area (TPSA) is 110 Å². The largest absolute Gasteiger partial charge is 0.404 e. The highest BCUT2D eigenvalue weighted by molar-refractivity contribution is 6.12. The number of allylic oxidation sites excluding steroid dienone is 1. The quantitative estimate of drug-likeness (QED) is 0.339. The fourth-order valence-corrected chi connectivity index (χ4v) is 3.83. The number of benzene rings is 2. The highest BCUT2D eigenvalue weighted by Gasteiger charge is 2.17.